The molecule has 0 aliphatic carbocycles. The van der Waals surface area contributed by atoms with Crippen molar-refractivity contribution in [2.45, 2.75) is 25.5 Å². The Labute approximate surface area is 148 Å². The van der Waals surface area contributed by atoms with Crippen LogP contribution in [0.1, 0.15) is 24.2 Å². The highest BCUT2D eigenvalue weighted by molar-refractivity contribution is 5.72. The van der Waals surface area contributed by atoms with Crippen molar-refractivity contribution in [2.24, 2.45) is 0 Å². The lowest BCUT2D eigenvalue weighted by Crippen LogP contribution is -2.34. The van der Waals surface area contributed by atoms with E-state index in [0.29, 0.717) is 13.2 Å². The third kappa shape index (κ3) is 6.57. The summed E-state index contributed by atoms with van der Waals surface area (Å²) in [5.41, 5.74) is 1.78. The summed E-state index contributed by atoms with van der Waals surface area (Å²) in [4.78, 5) is 11.2. The van der Waals surface area contributed by atoms with Crippen LogP contribution in [0.25, 0.3) is 0 Å². The maximum atomic E-state index is 11.2. The predicted molar refractivity (Wildman–Crippen MR) is 96.5 cm³/mol. The van der Waals surface area contributed by atoms with Gasteiger partial charge in [-0.05, 0) is 30.2 Å². The minimum Gasteiger partial charge on any atom is -0.492 e. The SMILES string of the molecule is COC(=O)Cc1ccc(OC[C@@H](C)NC[C@@H](O)c2ccccc2)cc1. The Hall–Kier alpha value is -2.37. The number of nitrogens with one attached hydrogen (secondary N) is 1. The maximum absolute atomic E-state index is 11.2. The van der Waals surface area contributed by atoms with Crippen molar-refractivity contribution in [3.63, 3.8) is 0 Å². The van der Waals surface area contributed by atoms with Gasteiger partial charge in [-0.1, -0.05) is 42.5 Å². The minimum absolute atomic E-state index is 0.0908. The molecule has 0 saturated carbocycles. The van der Waals surface area contributed by atoms with E-state index in [9.17, 15) is 9.90 Å². The second-order valence-electron chi connectivity index (χ2n) is 5.94. The molecule has 0 heterocycles. The lowest BCUT2D eigenvalue weighted by Gasteiger charge is -2.18. The summed E-state index contributed by atoms with van der Waals surface area (Å²) in [6.45, 7) is 2.95. The summed E-state index contributed by atoms with van der Waals surface area (Å²) in [6.07, 6.45) is -0.284. The van der Waals surface area contributed by atoms with Crippen LogP contribution >= 0.6 is 0 Å². The molecule has 2 aromatic carbocycles. The Balaban J connectivity index is 1.72. The first-order chi connectivity index (χ1) is 12.1. The van der Waals surface area contributed by atoms with Crippen molar-refractivity contribution in [3.05, 3.63) is 65.7 Å². The number of hydrogen-bond acceptors (Lipinski definition) is 5. The number of benzene rings is 2. The van der Waals surface area contributed by atoms with E-state index in [4.69, 9.17) is 4.74 Å². The van der Waals surface area contributed by atoms with Crippen LogP contribution in [0.4, 0.5) is 0 Å². The highest BCUT2D eigenvalue weighted by Crippen LogP contribution is 2.14. The molecule has 0 fully saturated rings. The van der Waals surface area contributed by atoms with Crippen LogP contribution in [-0.4, -0.2) is 37.4 Å². The van der Waals surface area contributed by atoms with Crippen molar-refractivity contribution >= 4 is 5.97 Å². The monoisotopic (exact) mass is 343 g/mol. The Morgan fingerprint density at radius 3 is 2.44 bits per heavy atom. The highest BCUT2D eigenvalue weighted by Gasteiger charge is 2.09. The van der Waals surface area contributed by atoms with Crippen LogP contribution in [0.5, 0.6) is 5.75 Å². The number of methoxy groups -OCH3 is 1. The molecule has 0 bridgehead atoms. The van der Waals surface area contributed by atoms with E-state index in [1.54, 1.807) is 0 Å². The summed E-state index contributed by atoms with van der Waals surface area (Å²) < 4.78 is 10.4. The van der Waals surface area contributed by atoms with Gasteiger partial charge in [-0.15, -0.1) is 0 Å². The molecule has 0 amide bonds. The average molecular weight is 343 g/mol. The van der Waals surface area contributed by atoms with Gasteiger partial charge in [-0.3, -0.25) is 4.79 Å². The van der Waals surface area contributed by atoms with Crippen LogP contribution in [-0.2, 0) is 16.0 Å². The van der Waals surface area contributed by atoms with Gasteiger partial charge in [-0.2, -0.15) is 0 Å². The molecule has 5 nitrogen and oxygen atoms in total. The first kappa shape index (κ1) is 19.0. The van der Waals surface area contributed by atoms with E-state index < -0.39 is 6.10 Å². The van der Waals surface area contributed by atoms with E-state index in [2.05, 4.69) is 10.1 Å². The van der Waals surface area contributed by atoms with Crippen LogP contribution in [0.2, 0.25) is 0 Å². The summed E-state index contributed by atoms with van der Waals surface area (Å²) >= 11 is 0. The van der Waals surface area contributed by atoms with Crippen LogP contribution in [0.15, 0.2) is 54.6 Å². The fraction of sp³-hybridized carbons (Fsp3) is 0.350. The molecule has 0 aliphatic heterocycles. The zero-order valence-electron chi connectivity index (χ0n) is 14.6. The molecule has 0 aromatic heterocycles. The minimum atomic E-state index is -0.541. The lowest BCUT2D eigenvalue weighted by atomic mass is 10.1. The fourth-order valence-electron chi connectivity index (χ4n) is 2.33. The number of ether oxygens (including phenoxy) is 2. The topological polar surface area (TPSA) is 67.8 Å². The quantitative estimate of drug-likeness (QED) is 0.685. The second-order valence-corrected chi connectivity index (χ2v) is 5.94. The molecule has 0 saturated heterocycles. The first-order valence-corrected chi connectivity index (χ1v) is 8.33. The number of hydrogen-bond donors (Lipinski definition) is 2. The zero-order chi connectivity index (χ0) is 18.1. The molecule has 2 rings (SSSR count). The normalized spacial score (nSPS) is 13.1. The average Bonchev–Trinajstić information content (AvgIpc) is 2.66. The standard InChI is InChI=1S/C20H25NO4/c1-15(21-13-19(22)17-6-4-3-5-7-17)14-25-18-10-8-16(9-11-18)12-20(23)24-2/h3-11,15,19,21-22H,12-14H2,1-2H3/t15-,19-/m1/s1. The van der Waals surface area contributed by atoms with Crippen LogP contribution in [0.3, 0.4) is 0 Å². The molecule has 0 aliphatic rings. The summed E-state index contributed by atoms with van der Waals surface area (Å²) in [5.74, 6) is 0.481. The summed E-state index contributed by atoms with van der Waals surface area (Å²) in [7, 11) is 1.38. The molecular formula is C20H25NO4. The molecule has 0 unspecified atom stereocenters. The molecule has 134 valence electrons. The molecule has 2 aromatic rings. The Morgan fingerprint density at radius 2 is 1.80 bits per heavy atom. The van der Waals surface area contributed by atoms with Crippen molar-refractivity contribution < 1.29 is 19.4 Å². The second kappa shape index (κ2) is 9.81. The number of carbonyl (C=O) groups excluding carboxylic acids is 1. The predicted octanol–water partition coefficient (Wildman–Crippen LogP) is 2.49. The largest absolute Gasteiger partial charge is 0.492 e. The van der Waals surface area contributed by atoms with Gasteiger partial charge >= 0.3 is 5.97 Å². The van der Waals surface area contributed by atoms with E-state index in [1.165, 1.54) is 7.11 Å². The van der Waals surface area contributed by atoms with Gasteiger partial charge in [0.2, 0.25) is 0 Å². The molecule has 5 heteroatoms. The van der Waals surface area contributed by atoms with Gasteiger partial charge in [0.1, 0.15) is 12.4 Å². The highest BCUT2D eigenvalue weighted by atomic mass is 16.5. The van der Waals surface area contributed by atoms with E-state index in [0.717, 1.165) is 16.9 Å². The zero-order valence-corrected chi connectivity index (χ0v) is 14.6. The molecule has 2 N–H and O–H groups in total. The van der Waals surface area contributed by atoms with Gasteiger partial charge < -0.3 is 19.9 Å². The number of aliphatic hydroxyl groups is 1. The van der Waals surface area contributed by atoms with Crippen LogP contribution < -0.4 is 10.1 Å². The summed E-state index contributed by atoms with van der Waals surface area (Å²) in [5, 5.41) is 13.4. The van der Waals surface area contributed by atoms with E-state index >= 15 is 0 Å². The molecule has 0 spiro atoms. The fourth-order valence-corrected chi connectivity index (χ4v) is 2.33. The van der Waals surface area contributed by atoms with Gasteiger partial charge in [0.15, 0.2) is 0 Å². The molecular weight excluding hydrogens is 318 g/mol. The van der Waals surface area contributed by atoms with E-state index in [1.807, 2.05) is 61.5 Å². The third-order valence-corrected chi connectivity index (χ3v) is 3.84. The van der Waals surface area contributed by atoms with Crippen molar-refractivity contribution in [2.75, 3.05) is 20.3 Å². The number of rotatable bonds is 9. The lowest BCUT2D eigenvalue weighted by molar-refractivity contribution is -0.139. The first-order valence-electron chi connectivity index (χ1n) is 8.33. The van der Waals surface area contributed by atoms with Crippen molar-refractivity contribution in [1.29, 1.82) is 0 Å². The molecule has 0 radical (unpaired) electrons. The van der Waals surface area contributed by atoms with Gasteiger partial charge in [0.05, 0.1) is 19.6 Å². The van der Waals surface area contributed by atoms with Crippen molar-refractivity contribution in [1.82, 2.24) is 5.32 Å². The van der Waals surface area contributed by atoms with Gasteiger partial charge in [0, 0.05) is 12.6 Å². The Morgan fingerprint density at radius 1 is 1.12 bits per heavy atom. The number of aliphatic hydroxyl groups excluding tert-OH is 1. The number of esters is 1. The van der Waals surface area contributed by atoms with Gasteiger partial charge in [-0.25, -0.2) is 0 Å². The smallest absolute Gasteiger partial charge is 0.309 e. The molecule has 25 heavy (non-hydrogen) atoms. The molecule has 2 atom stereocenters. The Bertz CT molecular complexity index is 643. The van der Waals surface area contributed by atoms with Gasteiger partial charge in [0.25, 0.3) is 0 Å². The van der Waals surface area contributed by atoms with Crippen molar-refractivity contribution in [3.8, 4) is 5.75 Å². The Kier molecular flexibility index (Phi) is 7.44. The summed E-state index contributed by atoms with van der Waals surface area (Å²) in [6, 6.07) is 17.0. The number of carbonyl (C=O) groups is 1. The maximum Gasteiger partial charge on any atom is 0.309 e. The van der Waals surface area contributed by atoms with E-state index in [-0.39, 0.29) is 18.4 Å². The third-order valence-electron chi connectivity index (χ3n) is 3.84. The van der Waals surface area contributed by atoms with Crippen LogP contribution in [0, 0.1) is 0 Å².